The van der Waals surface area contributed by atoms with E-state index in [4.69, 9.17) is 18.0 Å². The van der Waals surface area contributed by atoms with E-state index in [0.717, 1.165) is 21.5 Å². The Hall–Kier alpha value is -1.05. The Balaban J connectivity index is 2.30. The van der Waals surface area contributed by atoms with Gasteiger partial charge in [-0.2, -0.15) is 0 Å². The fourth-order valence-corrected chi connectivity index (χ4v) is 3.44. The van der Waals surface area contributed by atoms with Crippen molar-refractivity contribution < 1.29 is 8.78 Å². The quantitative estimate of drug-likeness (QED) is 0.815. The zero-order valence-corrected chi connectivity index (χ0v) is 13.7. The lowest BCUT2D eigenvalue weighted by atomic mass is 10.1. The fraction of sp³-hybridized carbons (Fsp3) is 0.154. The molecule has 0 aliphatic carbocycles. The Bertz CT molecular complexity index is 635. The van der Waals surface area contributed by atoms with Gasteiger partial charge < -0.3 is 10.6 Å². The normalized spacial score (nSPS) is 10.6. The number of hydrogen-bond acceptors (Lipinski definition) is 3. The summed E-state index contributed by atoms with van der Waals surface area (Å²) in [5.74, 6) is -1.35. The highest BCUT2D eigenvalue weighted by Crippen LogP contribution is 2.27. The second kappa shape index (κ2) is 6.15. The van der Waals surface area contributed by atoms with Crippen LogP contribution in [0.1, 0.15) is 10.4 Å². The number of anilines is 1. The third-order valence-electron chi connectivity index (χ3n) is 2.70. The largest absolute Gasteiger partial charge is 0.389 e. The first-order valence-electron chi connectivity index (χ1n) is 5.61. The first-order chi connectivity index (χ1) is 9.38. The zero-order valence-electron chi connectivity index (χ0n) is 10.5. The number of thiocarbonyl (C=S) groups is 1. The van der Waals surface area contributed by atoms with Gasteiger partial charge in [-0.05, 0) is 34.1 Å². The Kier molecular flexibility index (Phi) is 4.72. The molecule has 20 heavy (non-hydrogen) atoms. The maximum absolute atomic E-state index is 14.0. The van der Waals surface area contributed by atoms with Crippen molar-refractivity contribution in [3.8, 4) is 0 Å². The van der Waals surface area contributed by atoms with Crippen molar-refractivity contribution in [2.75, 3.05) is 11.9 Å². The summed E-state index contributed by atoms with van der Waals surface area (Å²) >= 11 is 9.59. The standard InChI is InChI=1S/C13H11BrF2N2S2/c1-18(5-9-4-8(14)6-20-9)12-10(15)2-7(13(17)19)3-11(12)16/h2-4,6H,5H2,1H3,(H2,17,19). The van der Waals surface area contributed by atoms with Crippen LogP contribution in [0.5, 0.6) is 0 Å². The Morgan fingerprint density at radius 1 is 1.35 bits per heavy atom. The minimum atomic E-state index is -0.675. The van der Waals surface area contributed by atoms with Crippen LogP contribution in [0.4, 0.5) is 14.5 Å². The number of benzene rings is 1. The van der Waals surface area contributed by atoms with Gasteiger partial charge in [0.2, 0.25) is 0 Å². The SMILES string of the molecule is CN(Cc1cc(Br)cs1)c1c(F)cc(C(N)=S)cc1F. The van der Waals surface area contributed by atoms with E-state index in [2.05, 4.69) is 15.9 Å². The van der Waals surface area contributed by atoms with E-state index in [1.807, 2.05) is 11.4 Å². The van der Waals surface area contributed by atoms with Crippen molar-refractivity contribution in [1.29, 1.82) is 0 Å². The van der Waals surface area contributed by atoms with E-state index >= 15 is 0 Å². The molecule has 106 valence electrons. The molecule has 0 aliphatic heterocycles. The molecule has 0 saturated carbocycles. The Labute approximate surface area is 133 Å². The van der Waals surface area contributed by atoms with Crippen LogP contribution >= 0.6 is 39.5 Å². The lowest BCUT2D eigenvalue weighted by Crippen LogP contribution is -2.20. The minimum Gasteiger partial charge on any atom is -0.389 e. The summed E-state index contributed by atoms with van der Waals surface area (Å²) in [5.41, 5.74) is 5.48. The second-order valence-electron chi connectivity index (χ2n) is 4.24. The molecule has 0 aliphatic rings. The molecule has 1 heterocycles. The smallest absolute Gasteiger partial charge is 0.150 e. The molecule has 0 atom stereocenters. The molecule has 2 rings (SSSR count). The third-order valence-corrected chi connectivity index (χ3v) is 4.62. The predicted molar refractivity (Wildman–Crippen MR) is 86.4 cm³/mol. The molecular weight excluding hydrogens is 366 g/mol. The summed E-state index contributed by atoms with van der Waals surface area (Å²) in [4.78, 5) is 2.49. The number of thiophene rings is 1. The van der Waals surface area contributed by atoms with E-state index in [-0.39, 0.29) is 16.2 Å². The van der Waals surface area contributed by atoms with Gasteiger partial charge in [-0.15, -0.1) is 11.3 Å². The van der Waals surface area contributed by atoms with Crippen molar-refractivity contribution in [2.45, 2.75) is 6.54 Å². The predicted octanol–water partition coefficient (Wildman–Crippen LogP) is 4.06. The van der Waals surface area contributed by atoms with Gasteiger partial charge in [0, 0.05) is 27.3 Å². The average molecular weight is 377 g/mol. The second-order valence-corrected chi connectivity index (χ2v) is 6.59. The molecule has 7 heteroatoms. The lowest BCUT2D eigenvalue weighted by Gasteiger charge is -2.20. The summed E-state index contributed by atoms with van der Waals surface area (Å²) in [6, 6.07) is 4.23. The van der Waals surface area contributed by atoms with E-state index < -0.39 is 11.6 Å². The van der Waals surface area contributed by atoms with Gasteiger partial charge >= 0.3 is 0 Å². The Morgan fingerprint density at radius 3 is 2.40 bits per heavy atom. The molecule has 0 saturated heterocycles. The highest BCUT2D eigenvalue weighted by atomic mass is 79.9. The number of nitrogens with two attached hydrogens (primary N) is 1. The first-order valence-corrected chi connectivity index (χ1v) is 7.69. The summed E-state index contributed by atoms with van der Waals surface area (Å²) < 4.78 is 29.0. The van der Waals surface area contributed by atoms with Gasteiger partial charge in [0.05, 0.1) is 6.54 Å². The molecule has 1 aromatic carbocycles. The summed E-state index contributed by atoms with van der Waals surface area (Å²) in [6.07, 6.45) is 0. The minimum absolute atomic E-state index is 0.0285. The molecule has 0 spiro atoms. The first kappa shape index (κ1) is 15.3. The molecule has 2 aromatic rings. The van der Waals surface area contributed by atoms with Gasteiger partial charge in [0.1, 0.15) is 22.3 Å². The van der Waals surface area contributed by atoms with Gasteiger partial charge in [-0.1, -0.05) is 12.2 Å². The fourth-order valence-electron chi connectivity index (χ4n) is 1.82. The number of halogens is 3. The maximum atomic E-state index is 14.0. The molecule has 0 unspecified atom stereocenters. The summed E-state index contributed by atoms with van der Waals surface area (Å²) in [6.45, 7) is 0.413. The van der Waals surface area contributed by atoms with E-state index in [9.17, 15) is 8.78 Å². The van der Waals surface area contributed by atoms with Crippen molar-refractivity contribution >= 4 is 50.2 Å². The highest BCUT2D eigenvalue weighted by Gasteiger charge is 2.17. The van der Waals surface area contributed by atoms with Gasteiger partial charge in [-0.25, -0.2) is 8.78 Å². The zero-order chi connectivity index (χ0) is 14.9. The topological polar surface area (TPSA) is 29.3 Å². The molecule has 0 fully saturated rings. The van der Waals surface area contributed by atoms with E-state index in [1.54, 1.807) is 7.05 Å². The van der Waals surface area contributed by atoms with Crippen LogP contribution in [0.25, 0.3) is 0 Å². The van der Waals surface area contributed by atoms with Crippen molar-refractivity contribution in [2.24, 2.45) is 5.73 Å². The van der Waals surface area contributed by atoms with Gasteiger partial charge in [0.25, 0.3) is 0 Å². The van der Waals surface area contributed by atoms with Gasteiger partial charge in [0.15, 0.2) is 0 Å². The third kappa shape index (κ3) is 3.34. The van der Waals surface area contributed by atoms with Crippen LogP contribution in [0, 0.1) is 11.6 Å². The average Bonchev–Trinajstić information content (AvgIpc) is 2.73. The monoisotopic (exact) mass is 376 g/mol. The number of hydrogen-bond donors (Lipinski definition) is 1. The lowest BCUT2D eigenvalue weighted by molar-refractivity contribution is 0.576. The molecular formula is C13H11BrF2N2S2. The van der Waals surface area contributed by atoms with Crippen LogP contribution in [-0.4, -0.2) is 12.0 Å². The Morgan fingerprint density at radius 2 is 1.95 bits per heavy atom. The molecule has 0 radical (unpaired) electrons. The van der Waals surface area contributed by atoms with Crippen LogP contribution in [0.15, 0.2) is 28.1 Å². The number of nitrogens with zero attached hydrogens (tertiary/aromatic N) is 1. The van der Waals surface area contributed by atoms with Crippen LogP contribution in [0.3, 0.4) is 0 Å². The summed E-state index contributed by atoms with van der Waals surface area (Å²) in [5, 5.41) is 1.92. The number of rotatable bonds is 4. The van der Waals surface area contributed by atoms with Crippen molar-refractivity contribution in [3.63, 3.8) is 0 Å². The summed E-state index contributed by atoms with van der Waals surface area (Å²) in [7, 11) is 1.63. The molecule has 2 N–H and O–H groups in total. The van der Waals surface area contributed by atoms with Crippen molar-refractivity contribution in [3.05, 3.63) is 50.1 Å². The highest BCUT2D eigenvalue weighted by molar-refractivity contribution is 9.10. The molecule has 1 aromatic heterocycles. The molecule has 0 bridgehead atoms. The van der Waals surface area contributed by atoms with Gasteiger partial charge in [-0.3, -0.25) is 0 Å². The van der Waals surface area contributed by atoms with Crippen LogP contribution in [0.2, 0.25) is 0 Å². The van der Waals surface area contributed by atoms with E-state index in [1.165, 1.54) is 16.2 Å². The van der Waals surface area contributed by atoms with Crippen LogP contribution < -0.4 is 10.6 Å². The maximum Gasteiger partial charge on any atom is 0.150 e. The molecule has 0 amide bonds. The van der Waals surface area contributed by atoms with Crippen LogP contribution in [-0.2, 0) is 6.54 Å². The van der Waals surface area contributed by atoms with Crippen molar-refractivity contribution in [1.82, 2.24) is 0 Å². The van der Waals surface area contributed by atoms with E-state index in [0.29, 0.717) is 6.54 Å². The molecule has 2 nitrogen and oxygen atoms in total.